The molecule has 0 saturated carbocycles. The Morgan fingerprint density at radius 3 is 2.89 bits per heavy atom. The molecule has 2 aromatic heterocycles. The maximum atomic E-state index is 11.8. The Bertz CT molecular complexity index is 558. The smallest absolute Gasteiger partial charge is 0.267 e. The van der Waals surface area contributed by atoms with E-state index >= 15 is 0 Å². The van der Waals surface area contributed by atoms with Crippen molar-refractivity contribution in [3.8, 4) is 0 Å². The number of H-pyrrole nitrogens is 2. The largest absolute Gasteiger partial charge is 0.356 e. The number of carbonyl (C=O) groups excluding carboxylic acids is 2. The van der Waals surface area contributed by atoms with E-state index in [4.69, 9.17) is 0 Å². The summed E-state index contributed by atoms with van der Waals surface area (Å²) in [5, 5.41) is 9.27. The number of amides is 1. The summed E-state index contributed by atoms with van der Waals surface area (Å²) >= 11 is 0. The number of aromatic nitrogens is 4. The summed E-state index contributed by atoms with van der Waals surface area (Å²) in [5.41, 5.74) is 0.900. The second-order valence-electron chi connectivity index (χ2n) is 4.15. The molecule has 0 aliphatic heterocycles. The number of hydrogen-bond donors (Lipinski definition) is 3. The molecule has 2 heterocycles. The number of rotatable bonds is 6. The minimum absolute atomic E-state index is 0.0689. The van der Waals surface area contributed by atoms with Crippen molar-refractivity contribution < 1.29 is 9.59 Å². The van der Waals surface area contributed by atoms with Gasteiger partial charge in [0, 0.05) is 24.7 Å². The van der Waals surface area contributed by atoms with E-state index in [2.05, 4.69) is 25.5 Å². The number of ketones is 1. The Labute approximate surface area is 109 Å². The van der Waals surface area contributed by atoms with E-state index in [1.165, 1.54) is 19.4 Å². The van der Waals surface area contributed by atoms with E-state index < -0.39 is 0 Å². The van der Waals surface area contributed by atoms with Gasteiger partial charge in [-0.1, -0.05) is 0 Å². The third-order valence-electron chi connectivity index (χ3n) is 2.67. The van der Waals surface area contributed by atoms with E-state index in [1.807, 2.05) is 0 Å². The van der Waals surface area contributed by atoms with Crippen molar-refractivity contribution >= 4 is 11.7 Å². The van der Waals surface area contributed by atoms with Crippen LogP contribution in [0.25, 0.3) is 0 Å². The van der Waals surface area contributed by atoms with Crippen LogP contribution in [0.5, 0.6) is 0 Å². The molecule has 0 fully saturated rings. The average molecular weight is 261 g/mol. The second kappa shape index (κ2) is 5.94. The molecule has 0 atom stereocenters. The zero-order valence-corrected chi connectivity index (χ0v) is 10.6. The lowest BCUT2D eigenvalue weighted by atomic mass is 10.2. The first-order chi connectivity index (χ1) is 9.16. The van der Waals surface area contributed by atoms with Crippen molar-refractivity contribution in [3.05, 3.63) is 35.7 Å². The molecule has 0 saturated heterocycles. The highest BCUT2D eigenvalue weighted by atomic mass is 16.2. The highest BCUT2D eigenvalue weighted by molar-refractivity contribution is 5.99. The van der Waals surface area contributed by atoms with Crippen LogP contribution in [0.4, 0.5) is 0 Å². The number of nitrogens with one attached hydrogen (secondary N) is 3. The highest BCUT2D eigenvalue weighted by Gasteiger charge is 2.09. The molecule has 7 nitrogen and oxygen atoms in total. The molecular weight excluding hydrogens is 246 g/mol. The summed E-state index contributed by atoms with van der Waals surface area (Å²) in [5.74, 6) is 0.513. The van der Waals surface area contributed by atoms with Gasteiger partial charge in [-0.25, -0.2) is 4.98 Å². The van der Waals surface area contributed by atoms with Gasteiger partial charge in [0.15, 0.2) is 5.78 Å². The van der Waals surface area contributed by atoms with Gasteiger partial charge in [-0.05, 0) is 19.4 Å². The lowest BCUT2D eigenvalue weighted by Crippen LogP contribution is -2.25. The highest BCUT2D eigenvalue weighted by Crippen LogP contribution is 2.04. The third-order valence-corrected chi connectivity index (χ3v) is 2.67. The molecule has 19 heavy (non-hydrogen) atoms. The molecule has 0 spiro atoms. The zero-order chi connectivity index (χ0) is 13.7. The third kappa shape index (κ3) is 3.51. The predicted molar refractivity (Wildman–Crippen MR) is 67.8 cm³/mol. The van der Waals surface area contributed by atoms with Crippen molar-refractivity contribution in [2.45, 2.75) is 19.8 Å². The average Bonchev–Trinajstić information content (AvgIpc) is 3.05. The SMILES string of the molecule is CC(=O)c1c[nH]c(C(=O)NCCCc2ncn[nH]2)c1. The van der Waals surface area contributed by atoms with Gasteiger partial charge in [-0.15, -0.1) is 0 Å². The number of aryl methyl sites for hydroxylation is 1. The van der Waals surface area contributed by atoms with Crippen molar-refractivity contribution in [1.29, 1.82) is 0 Å². The van der Waals surface area contributed by atoms with E-state index in [-0.39, 0.29) is 11.7 Å². The van der Waals surface area contributed by atoms with Gasteiger partial charge in [0.1, 0.15) is 17.8 Å². The monoisotopic (exact) mass is 261 g/mol. The Morgan fingerprint density at radius 1 is 1.42 bits per heavy atom. The Morgan fingerprint density at radius 2 is 2.26 bits per heavy atom. The topological polar surface area (TPSA) is 104 Å². The quantitative estimate of drug-likeness (QED) is 0.526. The first kappa shape index (κ1) is 13.0. The molecular formula is C12H15N5O2. The fourth-order valence-electron chi connectivity index (χ4n) is 1.63. The van der Waals surface area contributed by atoms with Crippen molar-refractivity contribution in [2.24, 2.45) is 0 Å². The van der Waals surface area contributed by atoms with Crippen LogP contribution in [0.15, 0.2) is 18.6 Å². The van der Waals surface area contributed by atoms with Gasteiger partial charge in [0.2, 0.25) is 0 Å². The predicted octanol–water partition coefficient (Wildman–Crippen LogP) is 0.698. The molecule has 0 aliphatic carbocycles. The fraction of sp³-hybridized carbons (Fsp3) is 0.333. The van der Waals surface area contributed by atoms with E-state index in [0.717, 1.165) is 18.7 Å². The summed E-state index contributed by atoms with van der Waals surface area (Å²) in [6, 6.07) is 1.55. The Hall–Kier alpha value is -2.44. The molecule has 0 aliphatic rings. The molecule has 100 valence electrons. The van der Waals surface area contributed by atoms with Crippen LogP contribution < -0.4 is 5.32 Å². The van der Waals surface area contributed by atoms with Gasteiger partial charge in [0.05, 0.1) is 0 Å². The summed E-state index contributed by atoms with van der Waals surface area (Å²) in [6.45, 7) is 2.00. The first-order valence-corrected chi connectivity index (χ1v) is 5.98. The van der Waals surface area contributed by atoms with Crippen LogP contribution in [-0.2, 0) is 6.42 Å². The lowest BCUT2D eigenvalue weighted by Gasteiger charge is -2.02. The van der Waals surface area contributed by atoms with Gasteiger partial charge in [-0.3, -0.25) is 14.7 Å². The molecule has 1 amide bonds. The summed E-state index contributed by atoms with van der Waals surface area (Å²) in [6.07, 6.45) is 4.48. The number of carbonyl (C=O) groups is 2. The maximum Gasteiger partial charge on any atom is 0.267 e. The van der Waals surface area contributed by atoms with Crippen LogP contribution >= 0.6 is 0 Å². The molecule has 2 rings (SSSR count). The van der Waals surface area contributed by atoms with E-state index in [1.54, 1.807) is 6.07 Å². The molecule has 0 bridgehead atoms. The molecule has 0 unspecified atom stereocenters. The fourth-order valence-corrected chi connectivity index (χ4v) is 1.63. The Kier molecular flexibility index (Phi) is 4.07. The normalized spacial score (nSPS) is 10.4. The van der Waals surface area contributed by atoms with Crippen LogP contribution in [0.2, 0.25) is 0 Å². The van der Waals surface area contributed by atoms with Crippen LogP contribution in [0.3, 0.4) is 0 Å². The number of aromatic amines is 2. The van der Waals surface area contributed by atoms with Crippen molar-refractivity contribution in [3.63, 3.8) is 0 Å². The van der Waals surface area contributed by atoms with Gasteiger partial charge in [-0.2, -0.15) is 5.10 Å². The maximum absolute atomic E-state index is 11.8. The molecule has 2 aromatic rings. The molecule has 7 heteroatoms. The lowest BCUT2D eigenvalue weighted by molar-refractivity contribution is 0.0948. The van der Waals surface area contributed by atoms with Crippen LogP contribution in [0, 0.1) is 0 Å². The summed E-state index contributed by atoms with van der Waals surface area (Å²) in [7, 11) is 0. The summed E-state index contributed by atoms with van der Waals surface area (Å²) < 4.78 is 0. The Balaban J connectivity index is 1.76. The first-order valence-electron chi connectivity index (χ1n) is 5.98. The van der Waals surface area contributed by atoms with Crippen LogP contribution in [-0.4, -0.2) is 38.4 Å². The van der Waals surface area contributed by atoms with Gasteiger partial charge >= 0.3 is 0 Å². The zero-order valence-electron chi connectivity index (χ0n) is 10.6. The summed E-state index contributed by atoms with van der Waals surface area (Å²) in [4.78, 5) is 29.6. The number of Topliss-reactive ketones (excluding diaryl/α,β-unsaturated/α-hetero) is 1. The number of hydrogen-bond acceptors (Lipinski definition) is 4. The molecule has 3 N–H and O–H groups in total. The van der Waals surface area contributed by atoms with Crippen LogP contribution in [0.1, 0.15) is 40.0 Å². The van der Waals surface area contributed by atoms with Crippen molar-refractivity contribution in [2.75, 3.05) is 6.54 Å². The minimum atomic E-state index is -0.218. The standard InChI is InChI=1S/C12H15N5O2/c1-8(18)9-5-10(14-6-9)12(19)13-4-2-3-11-15-7-16-17-11/h5-7,14H,2-4H2,1H3,(H,13,19)(H,15,16,17). The van der Waals surface area contributed by atoms with E-state index in [0.29, 0.717) is 17.8 Å². The minimum Gasteiger partial charge on any atom is -0.356 e. The number of nitrogens with zero attached hydrogens (tertiary/aromatic N) is 2. The van der Waals surface area contributed by atoms with Gasteiger partial charge in [0.25, 0.3) is 5.91 Å². The molecule has 0 radical (unpaired) electrons. The second-order valence-corrected chi connectivity index (χ2v) is 4.15. The van der Waals surface area contributed by atoms with Gasteiger partial charge < -0.3 is 10.3 Å². The molecule has 0 aromatic carbocycles. The van der Waals surface area contributed by atoms with E-state index in [9.17, 15) is 9.59 Å². The van der Waals surface area contributed by atoms with Crippen molar-refractivity contribution in [1.82, 2.24) is 25.5 Å².